The van der Waals surface area contributed by atoms with E-state index in [1.54, 1.807) is 17.5 Å². The first-order valence-corrected chi connectivity index (χ1v) is 10.1. The number of H-pyrrole nitrogens is 1. The summed E-state index contributed by atoms with van der Waals surface area (Å²) in [5.41, 5.74) is 4.90. The Morgan fingerprint density at radius 1 is 1.12 bits per heavy atom. The summed E-state index contributed by atoms with van der Waals surface area (Å²) >= 11 is 0. The van der Waals surface area contributed by atoms with Gasteiger partial charge in [-0.1, -0.05) is 12.1 Å². The molecular weight excluding hydrogens is 348 g/mol. The minimum absolute atomic E-state index is 0.373. The van der Waals surface area contributed by atoms with Crippen molar-refractivity contribution in [2.45, 2.75) is 31.7 Å². The van der Waals surface area contributed by atoms with Gasteiger partial charge in [0.2, 0.25) is 10.0 Å². The molecule has 0 saturated heterocycles. The highest BCUT2D eigenvalue weighted by Crippen LogP contribution is 2.33. The molecular formula is C20H22N2O3S. The highest BCUT2D eigenvalue weighted by Gasteiger charge is 2.31. The number of hydrogen-bond acceptors (Lipinski definition) is 3. The number of nitrogens with zero attached hydrogens (tertiary/aromatic N) is 1. The van der Waals surface area contributed by atoms with Gasteiger partial charge in [0.1, 0.15) is 5.75 Å². The maximum atomic E-state index is 13.2. The normalized spacial score (nSPS) is 15.2. The molecule has 6 heteroatoms. The number of ether oxygens (including phenoxy) is 1. The zero-order valence-electron chi connectivity index (χ0n) is 15.2. The van der Waals surface area contributed by atoms with Crippen LogP contribution < -0.4 is 4.74 Å². The third-order valence-electron chi connectivity index (χ3n) is 5.11. The zero-order chi connectivity index (χ0) is 18.5. The molecule has 0 unspecified atom stereocenters. The van der Waals surface area contributed by atoms with E-state index < -0.39 is 10.0 Å². The molecule has 0 fully saturated rings. The molecule has 1 aliphatic heterocycles. The van der Waals surface area contributed by atoms with Crippen molar-refractivity contribution >= 4 is 20.9 Å². The lowest BCUT2D eigenvalue weighted by atomic mass is 10.1. The smallest absolute Gasteiger partial charge is 0.243 e. The Bertz CT molecular complexity index is 1100. The summed E-state index contributed by atoms with van der Waals surface area (Å²) in [4.78, 5) is 3.82. The average molecular weight is 370 g/mol. The van der Waals surface area contributed by atoms with Crippen LogP contribution in [0.25, 0.3) is 10.9 Å². The molecule has 136 valence electrons. The van der Waals surface area contributed by atoms with Crippen LogP contribution in [-0.4, -0.2) is 31.4 Å². The Hall–Kier alpha value is -2.31. The van der Waals surface area contributed by atoms with Crippen LogP contribution in [0.5, 0.6) is 5.75 Å². The summed E-state index contributed by atoms with van der Waals surface area (Å²) in [6, 6.07) is 11.4. The van der Waals surface area contributed by atoms with Crippen LogP contribution >= 0.6 is 0 Å². The van der Waals surface area contributed by atoms with Gasteiger partial charge in [-0.05, 0) is 54.8 Å². The largest absolute Gasteiger partial charge is 0.497 e. The number of aryl methyl sites for hydroxylation is 2. The van der Waals surface area contributed by atoms with Gasteiger partial charge in [0.25, 0.3) is 0 Å². The number of sulfonamides is 1. The second kappa shape index (κ2) is 6.14. The van der Waals surface area contributed by atoms with Crippen LogP contribution in [0.3, 0.4) is 0 Å². The highest BCUT2D eigenvalue weighted by atomic mass is 32.2. The molecule has 1 aliphatic rings. The van der Waals surface area contributed by atoms with Gasteiger partial charge in [0.05, 0.1) is 12.0 Å². The van der Waals surface area contributed by atoms with Gasteiger partial charge in [-0.15, -0.1) is 0 Å². The van der Waals surface area contributed by atoms with Gasteiger partial charge in [0.15, 0.2) is 0 Å². The van der Waals surface area contributed by atoms with E-state index in [0.717, 1.165) is 39.0 Å². The lowest BCUT2D eigenvalue weighted by molar-refractivity contribution is 0.391. The number of benzene rings is 2. The molecule has 3 aromatic rings. The summed E-state index contributed by atoms with van der Waals surface area (Å²) in [5.74, 6) is 0.772. The Morgan fingerprint density at radius 3 is 2.69 bits per heavy atom. The van der Waals surface area contributed by atoms with Crippen molar-refractivity contribution in [2.24, 2.45) is 0 Å². The topological polar surface area (TPSA) is 62.4 Å². The Morgan fingerprint density at radius 2 is 1.92 bits per heavy atom. The lowest BCUT2D eigenvalue weighted by Crippen LogP contribution is -2.36. The summed E-state index contributed by atoms with van der Waals surface area (Å²) in [6.07, 6.45) is 0.677. The summed E-state index contributed by atoms with van der Waals surface area (Å²) < 4.78 is 33.4. The van der Waals surface area contributed by atoms with Gasteiger partial charge in [-0.25, -0.2) is 8.42 Å². The summed E-state index contributed by atoms with van der Waals surface area (Å²) in [7, 11) is -1.90. The molecule has 0 bridgehead atoms. The molecule has 2 heterocycles. The Labute approximate surface area is 153 Å². The Balaban J connectivity index is 1.77. The fourth-order valence-corrected chi connectivity index (χ4v) is 5.34. The van der Waals surface area contributed by atoms with Crippen molar-refractivity contribution < 1.29 is 13.2 Å². The maximum absolute atomic E-state index is 13.2. The minimum atomic E-state index is -3.53. The van der Waals surface area contributed by atoms with E-state index in [1.165, 1.54) is 0 Å². The zero-order valence-corrected chi connectivity index (χ0v) is 16.0. The van der Waals surface area contributed by atoms with E-state index >= 15 is 0 Å². The standard InChI is InChI=1S/C20H22N2O3S/c1-13-4-5-14(2)20(10-13)26(23,24)22-9-8-19-17(12-22)16-11-15(25-3)6-7-18(16)21-19/h4-7,10-11,21H,8-9,12H2,1-3H3. The third kappa shape index (κ3) is 2.70. The fourth-order valence-electron chi connectivity index (χ4n) is 3.62. The number of fused-ring (bicyclic) bond motifs is 3. The second-order valence-electron chi connectivity index (χ2n) is 6.85. The first-order chi connectivity index (χ1) is 12.4. The SMILES string of the molecule is COc1ccc2[nH]c3c(c2c1)CN(S(=O)(=O)c1cc(C)ccc1C)CC3. The van der Waals surface area contributed by atoms with Gasteiger partial charge >= 0.3 is 0 Å². The molecule has 0 aliphatic carbocycles. The van der Waals surface area contributed by atoms with Crippen LogP contribution in [0.15, 0.2) is 41.3 Å². The van der Waals surface area contributed by atoms with E-state index in [-0.39, 0.29) is 0 Å². The van der Waals surface area contributed by atoms with Crippen LogP contribution in [0.2, 0.25) is 0 Å². The van der Waals surface area contributed by atoms with Crippen LogP contribution in [-0.2, 0) is 23.0 Å². The molecule has 0 saturated carbocycles. The van der Waals surface area contributed by atoms with Crippen molar-refractivity contribution in [2.75, 3.05) is 13.7 Å². The van der Waals surface area contributed by atoms with Crippen molar-refractivity contribution in [3.05, 3.63) is 58.8 Å². The van der Waals surface area contributed by atoms with E-state index in [0.29, 0.717) is 24.4 Å². The molecule has 0 atom stereocenters. The fraction of sp³-hybridized carbons (Fsp3) is 0.300. The molecule has 1 N–H and O–H groups in total. The summed E-state index contributed by atoms with van der Waals surface area (Å²) in [6.45, 7) is 4.61. The van der Waals surface area contributed by atoms with E-state index in [9.17, 15) is 8.42 Å². The number of hydrogen-bond donors (Lipinski definition) is 1. The van der Waals surface area contributed by atoms with Crippen LogP contribution in [0.4, 0.5) is 0 Å². The molecule has 26 heavy (non-hydrogen) atoms. The molecule has 2 aromatic carbocycles. The van der Waals surface area contributed by atoms with E-state index in [4.69, 9.17) is 4.74 Å². The van der Waals surface area contributed by atoms with Gasteiger partial charge in [-0.2, -0.15) is 4.31 Å². The monoisotopic (exact) mass is 370 g/mol. The van der Waals surface area contributed by atoms with Crippen molar-refractivity contribution in [1.29, 1.82) is 0 Å². The van der Waals surface area contributed by atoms with Gasteiger partial charge in [0, 0.05) is 36.1 Å². The van der Waals surface area contributed by atoms with Crippen LogP contribution in [0, 0.1) is 13.8 Å². The first kappa shape index (κ1) is 17.1. The summed E-state index contributed by atoms with van der Waals surface area (Å²) in [5, 5.41) is 1.03. The molecule has 4 rings (SSSR count). The van der Waals surface area contributed by atoms with Gasteiger partial charge in [-0.3, -0.25) is 0 Å². The minimum Gasteiger partial charge on any atom is -0.497 e. The average Bonchev–Trinajstić information content (AvgIpc) is 3.00. The van der Waals surface area contributed by atoms with Crippen molar-refractivity contribution in [3.63, 3.8) is 0 Å². The molecule has 5 nitrogen and oxygen atoms in total. The molecule has 1 aromatic heterocycles. The van der Waals surface area contributed by atoms with Crippen molar-refractivity contribution in [3.8, 4) is 5.75 Å². The maximum Gasteiger partial charge on any atom is 0.243 e. The second-order valence-corrected chi connectivity index (χ2v) is 8.76. The number of methoxy groups -OCH3 is 1. The predicted molar refractivity (Wildman–Crippen MR) is 102 cm³/mol. The quantitative estimate of drug-likeness (QED) is 0.767. The first-order valence-electron chi connectivity index (χ1n) is 8.65. The Kier molecular flexibility index (Phi) is 4.04. The van der Waals surface area contributed by atoms with Crippen LogP contribution in [0.1, 0.15) is 22.4 Å². The lowest BCUT2D eigenvalue weighted by Gasteiger charge is -2.27. The number of aromatic nitrogens is 1. The van der Waals surface area contributed by atoms with E-state index in [2.05, 4.69) is 4.98 Å². The molecule has 0 amide bonds. The number of nitrogens with one attached hydrogen (secondary N) is 1. The van der Waals surface area contributed by atoms with Crippen molar-refractivity contribution in [1.82, 2.24) is 9.29 Å². The number of rotatable bonds is 3. The van der Waals surface area contributed by atoms with E-state index in [1.807, 2.05) is 44.2 Å². The predicted octanol–water partition coefficient (Wildman–Crippen LogP) is 3.54. The third-order valence-corrected chi connectivity index (χ3v) is 7.10. The number of aromatic amines is 1. The highest BCUT2D eigenvalue weighted by molar-refractivity contribution is 7.89. The van der Waals surface area contributed by atoms with Gasteiger partial charge < -0.3 is 9.72 Å². The molecule has 0 spiro atoms. The molecule has 0 radical (unpaired) electrons.